The number of allylic oxidation sites excluding steroid dienone is 2. The van der Waals surface area contributed by atoms with Gasteiger partial charge in [0.1, 0.15) is 17.1 Å². The maximum atomic E-state index is 14.2. The van der Waals surface area contributed by atoms with Crippen LogP contribution < -0.4 is 4.72 Å². The SMILES string of the molecule is COC1(S(=O)(=O)Nc2ccc(C(=O)O)c(O)c2)C=CC=C(c2ccccc2F)C1. The summed E-state index contributed by atoms with van der Waals surface area (Å²) in [6, 6.07) is 9.29. The molecule has 7 nitrogen and oxygen atoms in total. The van der Waals surface area contributed by atoms with Crippen LogP contribution in [0.4, 0.5) is 10.1 Å². The monoisotopic (exact) mass is 419 g/mol. The van der Waals surface area contributed by atoms with Crippen molar-refractivity contribution in [2.24, 2.45) is 0 Å². The Hall–Kier alpha value is -3.17. The van der Waals surface area contributed by atoms with Gasteiger partial charge in [0.25, 0.3) is 10.0 Å². The predicted molar refractivity (Wildman–Crippen MR) is 105 cm³/mol. The van der Waals surface area contributed by atoms with Crippen LogP contribution in [0.15, 0.2) is 60.7 Å². The van der Waals surface area contributed by atoms with E-state index in [0.717, 1.165) is 12.1 Å². The van der Waals surface area contributed by atoms with E-state index in [0.29, 0.717) is 5.57 Å². The van der Waals surface area contributed by atoms with Crippen LogP contribution in [-0.4, -0.2) is 36.6 Å². The Kier molecular flexibility index (Phi) is 5.45. The van der Waals surface area contributed by atoms with E-state index in [1.807, 2.05) is 0 Å². The molecule has 0 aromatic heterocycles. The number of aromatic carboxylic acids is 1. The molecule has 0 aliphatic heterocycles. The molecule has 2 aromatic rings. The lowest BCUT2D eigenvalue weighted by Crippen LogP contribution is -2.43. The van der Waals surface area contributed by atoms with Gasteiger partial charge in [0.15, 0.2) is 0 Å². The third-order valence-electron chi connectivity index (χ3n) is 4.58. The summed E-state index contributed by atoms with van der Waals surface area (Å²) in [6.07, 6.45) is 4.26. The zero-order valence-electron chi connectivity index (χ0n) is 15.3. The molecule has 0 saturated carbocycles. The number of ether oxygens (including phenoxy) is 1. The number of phenols is 1. The highest BCUT2D eigenvalue weighted by Crippen LogP contribution is 2.38. The second-order valence-electron chi connectivity index (χ2n) is 6.37. The third kappa shape index (κ3) is 3.87. The third-order valence-corrected chi connectivity index (χ3v) is 6.45. The quantitative estimate of drug-likeness (QED) is 0.662. The molecule has 0 saturated heterocycles. The predicted octanol–water partition coefficient (Wildman–Crippen LogP) is 3.36. The highest BCUT2D eigenvalue weighted by Gasteiger charge is 2.44. The van der Waals surface area contributed by atoms with Crippen molar-refractivity contribution in [3.05, 3.63) is 77.6 Å². The van der Waals surface area contributed by atoms with E-state index in [4.69, 9.17) is 9.84 Å². The van der Waals surface area contributed by atoms with Gasteiger partial charge in [-0.3, -0.25) is 4.72 Å². The van der Waals surface area contributed by atoms with E-state index in [9.17, 15) is 22.7 Å². The summed E-state index contributed by atoms with van der Waals surface area (Å²) in [5.41, 5.74) is 0.287. The fourth-order valence-corrected chi connectivity index (χ4v) is 4.49. The standard InChI is InChI=1S/C20H18FNO6S/c1-28-20(10-4-5-13(12-20)15-6-2-3-7-17(15)21)29(26,27)22-14-8-9-16(19(24)25)18(23)11-14/h2-11,22-23H,12H2,1H3,(H,24,25). The van der Waals surface area contributed by atoms with Gasteiger partial charge in [-0.25, -0.2) is 17.6 Å². The summed E-state index contributed by atoms with van der Waals surface area (Å²) in [5, 5.41) is 18.8. The van der Waals surface area contributed by atoms with E-state index >= 15 is 0 Å². The summed E-state index contributed by atoms with van der Waals surface area (Å²) >= 11 is 0. The van der Waals surface area contributed by atoms with Crippen LogP contribution in [0.3, 0.4) is 0 Å². The number of halogens is 1. The number of benzene rings is 2. The average Bonchev–Trinajstić information content (AvgIpc) is 2.67. The molecule has 9 heteroatoms. The fraction of sp³-hybridized carbons (Fsp3) is 0.150. The Bertz CT molecular complexity index is 1130. The first-order chi connectivity index (χ1) is 13.7. The minimum Gasteiger partial charge on any atom is -0.507 e. The number of carboxylic acid groups (broad SMARTS) is 1. The molecule has 0 amide bonds. The molecule has 1 aliphatic rings. The highest BCUT2D eigenvalue weighted by molar-refractivity contribution is 7.94. The molecule has 3 rings (SSSR count). The average molecular weight is 419 g/mol. The van der Waals surface area contributed by atoms with Crippen LogP contribution in [0, 0.1) is 5.82 Å². The van der Waals surface area contributed by atoms with Gasteiger partial charge in [-0.2, -0.15) is 0 Å². The largest absolute Gasteiger partial charge is 0.507 e. The van der Waals surface area contributed by atoms with Gasteiger partial charge in [-0.05, 0) is 29.8 Å². The second-order valence-corrected chi connectivity index (χ2v) is 8.27. The van der Waals surface area contributed by atoms with Crippen LogP contribution >= 0.6 is 0 Å². The lowest BCUT2D eigenvalue weighted by Gasteiger charge is -2.32. The number of rotatable bonds is 6. The lowest BCUT2D eigenvalue weighted by atomic mass is 9.95. The van der Waals surface area contributed by atoms with Crippen molar-refractivity contribution in [2.45, 2.75) is 11.4 Å². The van der Waals surface area contributed by atoms with Gasteiger partial charge in [0.2, 0.25) is 4.93 Å². The number of anilines is 1. The lowest BCUT2D eigenvalue weighted by molar-refractivity contribution is 0.0693. The number of hydrogen-bond acceptors (Lipinski definition) is 5. The number of sulfonamides is 1. The van der Waals surface area contributed by atoms with Gasteiger partial charge in [0.05, 0.1) is 5.69 Å². The summed E-state index contributed by atoms with van der Waals surface area (Å²) in [5.74, 6) is -2.42. The molecule has 1 unspecified atom stereocenters. The molecule has 29 heavy (non-hydrogen) atoms. The first-order valence-corrected chi connectivity index (χ1v) is 9.94. The Labute approximate surface area is 166 Å². The highest BCUT2D eigenvalue weighted by atomic mass is 32.2. The molecule has 2 aromatic carbocycles. The van der Waals surface area contributed by atoms with E-state index in [1.54, 1.807) is 18.2 Å². The van der Waals surface area contributed by atoms with E-state index < -0.39 is 32.5 Å². The smallest absolute Gasteiger partial charge is 0.339 e. The first kappa shape index (κ1) is 20.6. The molecule has 0 radical (unpaired) electrons. The van der Waals surface area contributed by atoms with Crippen LogP contribution in [0.5, 0.6) is 5.75 Å². The van der Waals surface area contributed by atoms with E-state index in [1.165, 1.54) is 37.5 Å². The number of carboxylic acids is 1. The van der Waals surface area contributed by atoms with Gasteiger partial charge in [-0.1, -0.05) is 30.4 Å². The molecule has 152 valence electrons. The molecular formula is C20H18FNO6S. The maximum Gasteiger partial charge on any atom is 0.339 e. The van der Waals surface area contributed by atoms with Gasteiger partial charge in [-0.15, -0.1) is 0 Å². The number of nitrogens with one attached hydrogen (secondary N) is 1. The minimum absolute atomic E-state index is 0.0423. The molecule has 3 N–H and O–H groups in total. The number of carbonyl (C=O) groups is 1. The number of hydrogen-bond donors (Lipinski definition) is 3. The minimum atomic E-state index is -4.23. The van der Waals surface area contributed by atoms with Crippen molar-refractivity contribution in [3.8, 4) is 5.75 Å². The summed E-state index contributed by atoms with van der Waals surface area (Å²) in [4.78, 5) is 9.16. The van der Waals surface area contributed by atoms with Crippen LogP contribution in [0.1, 0.15) is 22.3 Å². The van der Waals surface area contributed by atoms with Crippen molar-refractivity contribution in [3.63, 3.8) is 0 Å². The Balaban J connectivity index is 1.93. The van der Waals surface area contributed by atoms with Crippen molar-refractivity contribution in [2.75, 3.05) is 11.8 Å². The molecular weight excluding hydrogens is 401 g/mol. The number of methoxy groups -OCH3 is 1. The van der Waals surface area contributed by atoms with Crippen LogP contribution in [-0.2, 0) is 14.8 Å². The molecule has 0 spiro atoms. The molecule has 0 bridgehead atoms. The summed E-state index contributed by atoms with van der Waals surface area (Å²) < 4.78 is 48.0. The van der Waals surface area contributed by atoms with Crippen molar-refractivity contribution in [1.82, 2.24) is 0 Å². The second kappa shape index (κ2) is 7.69. The van der Waals surface area contributed by atoms with Crippen molar-refractivity contribution in [1.29, 1.82) is 0 Å². The van der Waals surface area contributed by atoms with Crippen LogP contribution in [0.25, 0.3) is 5.57 Å². The van der Waals surface area contributed by atoms with Gasteiger partial charge >= 0.3 is 5.97 Å². The van der Waals surface area contributed by atoms with E-state index in [-0.39, 0.29) is 23.2 Å². The van der Waals surface area contributed by atoms with Gasteiger partial charge in [0, 0.05) is 25.2 Å². The topological polar surface area (TPSA) is 113 Å². The fourth-order valence-electron chi connectivity index (χ4n) is 3.05. The Morgan fingerprint density at radius 3 is 2.59 bits per heavy atom. The number of aromatic hydroxyl groups is 1. The first-order valence-electron chi connectivity index (χ1n) is 8.46. The van der Waals surface area contributed by atoms with Crippen LogP contribution in [0.2, 0.25) is 0 Å². The summed E-state index contributed by atoms with van der Waals surface area (Å²) in [7, 11) is -3.01. The van der Waals surface area contributed by atoms with Gasteiger partial charge < -0.3 is 14.9 Å². The van der Waals surface area contributed by atoms with Crippen molar-refractivity contribution >= 4 is 27.3 Å². The molecule has 0 fully saturated rings. The Morgan fingerprint density at radius 1 is 1.24 bits per heavy atom. The Morgan fingerprint density at radius 2 is 1.97 bits per heavy atom. The normalized spacial score (nSPS) is 18.9. The van der Waals surface area contributed by atoms with E-state index in [2.05, 4.69) is 4.72 Å². The summed E-state index contributed by atoms with van der Waals surface area (Å²) in [6.45, 7) is 0. The zero-order valence-corrected chi connectivity index (χ0v) is 16.1. The molecule has 0 heterocycles. The molecule has 1 aliphatic carbocycles. The maximum absolute atomic E-state index is 14.2. The molecule has 1 atom stereocenters. The zero-order chi connectivity index (χ0) is 21.2. The van der Waals surface area contributed by atoms with Crippen molar-refractivity contribution < 1.29 is 32.6 Å².